The largest absolute Gasteiger partial charge is 0.495 e. The fraction of sp³-hybridized carbons (Fsp3) is 0.190. The van der Waals surface area contributed by atoms with Crippen LogP contribution in [0, 0.1) is 6.92 Å². The summed E-state index contributed by atoms with van der Waals surface area (Å²) in [6, 6.07) is 11.2. The minimum atomic E-state index is 0.554. The predicted octanol–water partition coefficient (Wildman–Crippen LogP) is 4.39. The highest BCUT2D eigenvalue weighted by atomic mass is 35.5. The molecular weight excluding hydrogens is 404 g/mol. The molecule has 2 heterocycles. The molecule has 4 aromatic rings. The quantitative estimate of drug-likeness (QED) is 0.494. The first kappa shape index (κ1) is 19.8. The molecule has 0 saturated heterocycles. The van der Waals surface area contributed by atoms with Gasteiger partial charge in [-0.15, -0.1) is 5.10 Å². The highest BCUT2D eigenvalue weighted by molar-refractivity contribution is 6.31. The van der Waals surface area contributed by atoms with Crippen LogP contribution in [0.1, 0.15) is 5.69 Å². The predicted molar refractivity (Wildman–Crippen MR) is 116 cm³/mol. The van der Waals surface area contributed by atoms with Gasteiger partial charge in [-0.25, -0.2) is 9.67 Å². The van der Waals surface area contributed by atoms with Gasteiger partial charge in [0.25, 0.3) is 0 Å². The third-order valence-electron chi connectivity index (χ3n) is 4.60. The maximum Gasteiger partial charge on any atom is 0.226 e. The summed E-state index contributed by atoms with van der Waals surface area (Å²) >= 11 is 6.12. The maximum absolute atomic E-state index is 6.12. The second kappa shape index (κ2) is 8.08. The van der Waals surface area contributed by atoms with Gasteiger partial charge in [0.15, 0.2) is 5.82 Å². The number of benzene rings is 2. The fourth-order valence-electron chi connectivity index (χ4n) is 3.10. The van der Waals surface area contributed by atoms with Gasteiger partial charge < -0.3 is 19.4 Å². The third-order valence-corrected chi connectivity index (χ3v) is 4.83. The van der Waals surface area contributed by atoms with E-state index in [4.69, 9.17) is 21.1 Å². The second-order valence-electron chi connectivity index (χ2n) is 6.66. The van der Waals surface area contributed by atoms with Gasteiger partial charge in [0.05, 0.1) is 37.6 Å². The van der Waals surface area contributed by atoms with Crippen molar-refractivity contribution in [3.05, 3.63) is 59.6 Å². The van der Waals surface area contributed by atoms with Crippen molar-refractivity contribution in [3.8, 4) is 28.6 Å². The Morgan fingerprint density at radius 2 is 1.83 bits per heavy atom. The molecule has 0 aliphatic rings. The van der Waals surface area contributed by atoms with E-state index in [1.807, 2.05) is 42.9 Å². The van der Waals surface area contributed by atoms with Crippen molar-refractivity contribution in [1.29, 1.82) is 0 Å². The minimum absolute atomic E-state index is 0.554. The summed E-state index contributed by atoms with van der Waals surface area (Å²) < 4.78 is 14.6. The molecule has 0 aliphatic heterocycles. The van der Waals surface area contributed by atoms with E-state index in [0.717, 1.165) is 16.9 Å². The number of nitrogens with zero attached hydrogens (tertiary/aromatic N) is 5. The van der Waals surface area contributed by atoms with Gasteiger partial charge >= 0.3 is 0 Å². The lowest BCUT2D eigenvalue weighted by molar-refractivity contribution is 0.413. The summed E-state index contributed by atoms with van der Waals surface area (Å²) in [7, 11) is 5.05. The molecule has 1 N–H and O–H groups in total. The summed E-state index contributed by atoms with van der Waals surface area (Å²) in [5.74, 6) is 2.47. The van der Waals surface area contributed by atoms with Crippen LogP contribution in [0.25, 0.3) is 17.1 Å². The monoisotopic (exact) mass is 424 g/mol. The van der Waals surface area contributed by atoms with Crippen LogP contribution in [-0.2, 0) is 7.05 Å². The topological polar surface area (TPSA) is 79.0 Å². The molecule has 154 valence electrons. The van der Waals surface area contributed by atoms with E-state index in [2.05, 4.69) is 20.4 Å². The zero-order valence-corrected chi connectivity index (χ0v) is 17.8. The Hall–Kier alpha value is -3.52. The van der Waals surface area contributed by atoms with Crippen molar-refractivity contribution in [2.45, 2.75) is 6.92 Å². The molecule has 0 aliphatic carbocycles. The molecule has 0 bridgehead atoms. The van der Waals surface area contributed by atoms with Crippen LogP contribution in [-0.4, -0.2) is 38.5 Å². The number of hydrogen-bond acceptors (Lipinski definition) is 6. The van der Waals surface area contributed by atoms with Crippen LogP contribution in [0.4, 0.5) is 11.6 Å². The van der Waals surface area contributed by atoms with Gasteiger partial charge in [-0.1, -0.05) is 11.6 Å². The van der Waals surface area contributed by atoms with Crippen molar-refractivity contribution >= 4 is 23.2 Å². The molecule has 0 unspecified atom stereocenters. The number of halogens is 1. The van der Waals surface area contributed by atoms with Crippen molar-refractivity contribution in [3.63, 3.8) is 0 Å². The lowest BCUT2D eigenvalue weighted by atomic mass is 10.1. The van der Waals surface area contributed by atoms with Crippen molar-refractivity contribution in [1.82, 2.24) is 24.3 Å². The first-order chi connectivity index (χ1) is 14.5. The summed E-state index contributed by atoms with van der Waals surface area (Å²) in [5, 5.41) is 8.35. The molecule has 8 nitrogen and oxygen atoms in total. The Labute approximate surface area is 179 Å². The highest BCUT2D eigenvalue weighted by Crippen LogP contribution is 2.32. The molecule has 30 heavy (non-hydrogen) atoms. The lowest BCUT2D eigenvalue weighted by Gasteiger charge is -2.10. The minimum Gasteiger partial charge on any atom is -0.495 e. The summed E-state index contributed by atoms with van der Waals surface area (Å²) in [5.41, 5.74) is 3.35. The van der Waals surface area contributed by atoms with E-state index < -0.39 is 0 Å². The van der Waals surface area contributed by atoms with Crippen molar-refractivity contribution in [2.75, 3.05) is 19.5 Å². The zero-order chi connectivity index (χ0) is 21.3. The molecule has 9 heteroatoms. The first-order valence-corrected chi connectivity index (χ1v) is 9.57. The molecule has 2 aromatic carbocycles. The molecule has 4 rings (SSSR count). The van der Waals surface area contributed by atoms with Gasteiger partial charge in [0.1, 0.15) is 11.5 Å². The van der Waals surface area contributed by atoms with Gasteiger partial charge in [-0.2, -0.15) is 4.98 Å². The van der Waals surface area contributed by atoms with E-state index in [9.17, 15) is 0 Å². The SMILES string of the molecule is COc1ccc(Cl)cc1Nc1nc(-c2ccc(-n3cnc(C)c3)c(OC)c2)nn1C. The zero-order valence-electron chi connectivity index (χ0n) is 17.0. The van der Waals surface area contributed by atoms with Crippen molar-refractivity contribution < 1.29 is 9.47 Å². The smallest absolute Gasteiger partial charge is 0.226 e. The van der Waals surface area contributed by atoms with Crippen LogP contribution in [0.15, 0.2) is 48.9 Å². The summed E-state index contributed by atoms with van der Waals surface area (Å²) in [4.78, 5) is 8.91. The van der Waals surface area contributed by atoms with Crippen LogP contribution in [0.5, 0.6) is 11.5 Å². The van der Waals surface area contributed by atoms with E-state index in [0.29, 0.717) is 34.0 Å². The molecular formula is C21H21ClN6O2. The molecule has 0 saturated carbocycles. The number of imidazole rings is 1. The van der Waals surface area contributed by atoms with Crippen LogP contribution in [0.2, 0.25) is 5.02 Å². The number of nitrogens with one attached hydrogen (secondary N) is 1. The average Bonchev–Trinajstić information content (AvgIpc) is 3.33. The van der Waals surface area contributed by atoms with Gasteiger partial charge in [0.2, 0.25) is 5.95 Å². The summed E-state index contributed by atoms with van der Waals surface area (Å²) in [6.45, 7) is 1.94. The fourth-order valence-corrected chi connectivity index (χ4v) is 3.27. The van der Waals surface area contributed by atoms with Crippen molar-refractivity contribution in [2.24, 2.45) is 7.05 Å². The van der Waals surface area contributed by atoms with Gasteiger partial charge in [-0.05, 0) is 43.3 Å². The number of hydrogen-bond donors (Lipinski definition) is 1. The van der Waals surface area contributed by atoms with Gasteiger partial charge in [-0.3, -0.25) is 0 Å². The number of aryl methyl sites for hydroxylation is 2. The molecule has 0 atom stereocenters. The Balaban J connectivity index is 1.67. The first-order valence-electron chi connectivity index (χ1n) is 9.19. The van der Waals surface area contributed by atoms with Crippen LogP contribution >= 0.6 is 11.6 Å². The van der Waals surface area contributed by atoms with E-state index >= 15 is 0 Å². The number of ether oxygens (including phenoxy) is 2. The Kier molecular flexibility index (Phi) is 5.33. The molecule has 0 radical (unpaired) electrons. The molecule has 0 fully saturated rings. The van der Waals surface area contributed by atoms with E-state index in [-0.39, 0.29) is 0 Å². The number of anilines is 2. The maximum atomic E-state index is 6.12. The number of rotatable bonds is 6. The molecule has 0 spiro atoms. The second-order valence-corrected chi connectivity index (χ2v) is 7.10. The standard InChI is InChI=1S/C21H21ClN6O2/c1-13-11-28(12-23-13)17-7-5-14(9-19(17)30-4)20-25-21(27(2)26-20)24-16-10-15(22)6-8-18(16)29-3/h5-12H,1-4H3,(H,24,25,26). The normalized spacial score (nSPS) is 10.8. The van der Waals surface area contributed by atoms with Crippen LogP contribution in [0.3, 0.4) is 0 Å². The molecule has 0 amide bonds. The third kappa shape index (κ3) is 3.81. The Morgan fingerprint density at radius 1 is 1.03 bits per heavy atom. The van der Waals surface area contributed by atoms with Gasteiger partial charge in [0, 0.05) is 23.8 Å². The van der Waals surface area contributed by atoms with Crippen LogP contribution < -0.4 is 14.8 Å². The Morgan fingerprint density at radius 3 is 2.53 bits per heavy atom. The number of aromatic nitrogens is 5. The lowest BCUT2D eigenvalue weighted by Crippen LogP contribution is -2.01. The summed E-state index contributed by atoms with van der Waals surface area (Å²) in [6.07, 6.45) is 3.70. The molecule has 2 aromatic heterocycles. The highest BCUT2D eigenvalue weighted by Gasteiger charge is 2.15. The van der Waals surface area contributed by atoms with E-state index in [1.165, 1.54) is 0 Å². The average molecular weight is 425 g/mol. The Bertz CT molecular complexity index is 1200. The van der Waals surface area contributed by atoms with E-state index in [1.54, 1.807) is 43.4 Å². The number of methoxy groups -OCH3 is 2.